The molecule has 2 aromatic carbocycles. The number of unbranched alkanes of at least 4 members (excludes halogenated alkanes) is 4. The molecule has 0 aliphatic carbocycles. The van der Waals surface area contributed by atoms with Crippen LogP contribution in [0.2, 0.25) is 0 Å². The first-order valence-corrected chi connectivity index (χ1v) is 9.97. The van der Waals surface area contributed by atoms with E-state index in [1.54, 1.807) is 36.4 Å². The zero-order chi connectivity index (χ0) is 19.9. The molecule has 0 unspecified atom stereocenters. The molecule has 2 atom stereocenters. The second kappa shape index (κ2) is 9.58. The Kier molecular flexibility index (Phi) is 6.90. The molecule has 0 radical (unpaired) electrons. The molecule has 0 spiro atoms. The average Bonchev–Trinajstić information content (AvgIpc) is 2.68. The number of hydrogen-bond donors (Lipinski definition) is 0. The summed E-state index contributed by atoms with van der Waals surface area (Å²) in [5, 5.41) is 0. The summed E-state index contributed by atoms with van der Waals surface area (Å²) in [6.45, 7) is 3.99. The summed E-state index contributed by atoms with van der Waals surface area (Å²) in [5.74, 6) is 0.652. The average molecular weight is 386 g/mol. The Morgan fingerprint density at radius 2 is 1.79 bits per heavy atom. The van der Waals surface area contributed by atoms with Crippen molar-refractivity contribution in [2.75, 3.05) is 0 Å². The van der Waals surface area contributed by atoms with Gasteiger partial charge >= 0.3 is 5.97 Å². The SMILES string of the molecule is CCCCCCC[C@@H](F)Oc1cccc(C)c1[C@H]1Oc2ccccc2OC1=O. The summed E-state index contributed by atoms with van der Waals surface area (Å²) in [6, 6.07) is 12.3. The molecule has 0 saturated carbocycles. The molecular formula is C23H27FO4. The van der Waals surface area contributed by atoms with Crippen molar-refractivity contribution in [3.05, 3.63) is 53.6 Å². The minimum absolute atomic E-state index is 0.322. The van der Waals surface area contributed by atoms with Crippen LogP contribution in [0.4, 0.5) is 4.39 Å². The van der Waals surface area contributed by atoms with Crippen LogP contribution in [0.5, 0.6) is 17.2 Å². The molecule has 1 heterocycles. The number of fused-ring (bicyclic) bond motifs is 1. The third-order valence-corrected chi connectivity index (χ3v) is 4.85. The van der Waals surface area contributed by atoms with Gasteiger partial charge in [-0.05, 0) is 37.1 Å². The quantitative estimate of drug-likeness (QED) is 0.298. The number of hydrogen-bond acceptors (Lipinski definition) is 4. The summed E-state index contributed by atoms with van der Waals surface area (Å²) in [7, 11) is 0. The largest absolute Gasteiger partial charge is 0.470 e. The summed E-state index contributed by atoms with van der Waals surface area (Å²) >= 11 is 0. The molecule has 0 N–H and O–H groups in total. The van der Waals surface area contributed by atoms with Crippen LogP contribution in [0.1, 0.15) is 62.7 Å². The summed E-state index contributed by atoms with van der Waals surface area (Å²) in [4.78, 5) is 12.5. The number of aryl methyl sites for hydroxylation is 1. The molecule has 1 aliphatic rings. The summed E-state index contributed by atoms with van der Waals surface area (Å²) in [6.07, 6.45) is 3.13. The number of para-hydroxylation sites is 2. The van der Waals surface area contributed by atoms with Crippen molar-refractivity contribution < 1.29 is 23.4 Å². The summed E-state index contributed by atoms with van der Waals surface area (Å²) < 4.78 is 31.3. The van der Waals surface area contributed by atoms with Crippen molar-refractivity contribution in [1.82, 2.24) is 0 Å². The van der Waals surface area contributed by atoms with Gasteiger partial charge in [-0.3, -0.25) is 0 Å². The van der Waals surface area contributed by atoms with Gasteiger partial charge in [0.15, 0.2) is 11.5 Å². The number of alkyl halides is 1. The molecule has 150 valence electrons. The van der Waals surface area contributed by atoms with Gasteiger partial charge in [0.1, 0.15) is 5.75 Å². The van der Waals surface area contributed by atoms with E-state index in [4.69, 9.17) is 14.2 Å². The second-order valence-corrected chi connectivity index (χ2v) is 7.08. The van der Waals surface area contributed by atoms with Crippen LogP contribution >= 0.6 is 0 Å². The maximum absolute atomic E-state index is 14.4. The first-order valence-electron chi connectivity index (χ1n) is 9.97. The number of halogens is 1. The number of ether oxygens (including phenoxy) is 3. The fourth-order valence-electron chi connectivity index (χ4n) is 3.34. The van der Waals surface area contributed by atoms with Crippen LogP contribution in [0.3, 0.4) is 0 Å². The van der Waals surface area contributed by atoms with Gasteiger partial charge in [0, 0.05) is 12.0 Å². The van der Waals surface area contributed by atoms with E-state index in [0.717, 1.165) is 31.2 Å². The third kappa shape index (κ3) is 4.83. The summed E-state index contributed by atoms with van der Waals surface area (Å²) in [5.41, 5.74) is 1.30. The molecule has 28 heavy (non-hydrogen) atoms. The molecule has 0 saturated heterocycles. The zero-order valence-electron chi connectivity index (χ0n) is 16.4. The highest BCUT2D eigenvalue weighted by Gasteiger charge is 2.35. The van der Waals surface area contributed by atoms with Gasteiger partial charge in [-0.15, -0.1) is 0 Å². The van der Waals surface area contributed by atoms with Gasteiger partial charge in [0.2, 0.25) is 12.5 Å². The third-order valence-electron chi connectivity index (χ3n) is 4.85. The highest BCUT2D eigenvalue weighted by molar-refractivity contribution is 5.83. The normalized spacial score (nSPS) is 16.7. The minimum Gasteiger partial charge on any atom is -0.470 e. The number of carbonyl (C=O) groups excluding carboxylic acids is 1. The van der Waals surface area contributed by atoms with E-state index in [1.807, 2.05) is 13.0 Å². The molecule has 2 aromatic rings. The number of benzene rings is 2. The maximum Gasteiger partial charge on any atom is 0.357 e. The zero-order valence-corrected chi connectivity index (χ0v) is 16.4. The highest BCUT2D eigenvalue weighted by Crippen LogP contribution is 2.40. The van der Waals surface area contributed by atoms with Gasteiger partial charge in [-0.2, -0.15) is 0 Å². The smallest absolute Gasteiger partial charge is 0.357 e. The number of rotatable bonds is 9. The first kappa shape index (κ1) is 20.2. The Hall–Kier alpha value is -2.56. The molecule has 4 nitrogen and oxygen atoms in total. The van der Waals surface area contributed by atoms with Crippen molar-refractivity contribution in [3.8, 4) is 17.2 Å². The van der Waals surface area contributed by atoms with Crippen molar-refractivity contribution in [3.63, 3.8) is 0 Å². The monoisotopic (exact) mass is 386 g/mol. The van der Waals surface area contributed by atoms with Gasteiger partial charge in [-0.25, -0.2) is 9.18 Å². The molecule has 0 aromatic heterocycles. The molecule has 1 aliphatic heterocycles. The fraction of sp³-hybridized carbons (Fsp3) is 0.435. The lowest BCUT2D eigenvalue weighted by Crippen LogP contribution is -2.29. The van der Waals surface area contributed by atoms with Gasteiger partial charge in [0.05, 0.1) is 0 Å². The standard InChI is InChI=1S/C23H27FO4/c1-3-4-5-6-7-15-20(24)26-19-14-10-11-16(2)21(19)22-23(25)28-18-13-9-8-12-17(18)27-22/h8-14,20,22H,3-7,15H2,1-2H3/t20-,22+/m0/s1. The Balaban J connectivity index is 1.73. The molecular weight excluding hydrogens is 359 g/mol. The lowest BCUT2D eigenvalue weighted by molar-refractivity contribution is -0.145. The van der Waals surface area contributed by atoms with Gasteiger partial charge in [0.25, 0.3) is 0 Å². The van der Waals surface area contributed by atoms with Crippen molar-refractivity contribution in [2.45, 2.75) is 64.8 Å². The van der Waals surface area contributed by atoms with Crippen LogP contribution in [0, 0.1) is 6.92 Å². The van der Waals surface area contributed by atoms with E-state index >= 15 is 0 Å². The predicted molar refractivity (Wildman–Crippen MR) is 106 cm³/mol. The Morgan fingerprint density at radius 1 is 1.04 bits per heavy atom. The molecule has 3 rings (SSSR count). The van der Waals surface area contributed by atoms with Crippen LogP contribution < -0.4 is 14.2 Å². The lowest BCUT2D eigenvalue weighted by Gasteiger charge is -2.27. The van der Waals surface area contributed by atoms with E-state index in [-0.39, 0.29) is 0 Å². The Labute approximate surface area is 165 Å². The molecule has 0 amide bonds. The fourth-order valence-corrected chi connectivity index (χ4v) is 3.34. The first-order chi connectivity index (χ1) is 13.6. The molecule has 0 bridgehead atoms. The molecule has 5 heteroatoms. The van der Waals surface area contributed by atoms with Gasteiger partial charge < -0.3 is 14.2 Å². The van der Waals surface area contributed by atoms with Crippen molar-refractivity contribution >= 4 is 5.97 Å². The minimum atomic E-state index is -1.42. The van der Waals surface area contributed by atoms with Crippen molar-refractivity contribution in [1.29, 1.82) is 0 Å². The lowest BCUT2D eigenvalue weighted by atomic mass is 10.0. The van der Waals surface area contributed by atoms with Crippen LogP contribution in [-0.2, 0) is 4.79 Å². The predicted octanol–water partition coefficient (Wildman–Crippen LogP) is 6.07. The van der Waals surface area contributed by atoms with Crippen LogP contribution in [0.25, 0.3) is 0 Å². The Bertz CT molecular complexity index is 805. The topological polar surface area (TPSA) is 44.8 Å². The number of carbonyl (C=O) groups is 1. The molecule has 0 fully saturated rings. The second-order valence-electron chi connectivity index (χ2n) is 7.08. The Morgan fingerprint density at radius 3 is 2.57 bits per heavy atom. The van der Waals surface area contributed by atoms with E-state index < -0.39 is 18.4 Å². The van der Waals surface area contributed by atoms with Crippen LogP contribution in [0.15, 0.2) is 42.5 Å². The van der Waals surface area contributed by atoms with E-state index in [0.29, 0.717) is 29.2 Å². The van der Waals surface area contributed by atoms with E-state index in [1.165, 1.54) is 6.42 Å². The number of esters is 1. The van der Waals surface area contributed by atoms with E-state index in [2.05, 4.69) is 6.92 Å². The van der Waals surface area contributed by atoms with Crippen LogP contribution in [-0.4, -0.2) is 12.3 Å². The van der Waals surface area contributed by atoms with Gasteiger partial charge in [-0.1, -0.05) is 56.9 Å². The van der Waals surface area contributed by atoms with Crippen molar-refractivity contribution in [2.24, 2.45) is 0 Å². The van der Waals surface area contributed by atoms with E-state index in [9.17, 15) is 9.18 Å². The maximum atomic E-state index is 14.4. The highest BCUT2D eigenvalue weighted by atomic mass is 19.1.